The molecule has 0 spiro atoms. The van der Waals surface area contributed by atoms with Gasteiger partial charge in [0.05, 0.1) is 5.92 Å². The zero-order chi connectivity index (χ0) is 15.1. The molecule has 0 saturated carbocycles. The van der Waals surface area contributed by atoms with Gasteiger partial charge in [0.15, 0.2) is 0 Å². The Morgan fingerprint density at radius 3 is 1.95 bits per heavy atom. The standard InChI is InChI=1S/C13H24N2O4S/c1-9-4-10(2)6-14(5-9)20(18,19)15-7-11(3)12(8-15)13(16)17/h9-12H,4-8H2,1-3H3,(H,16,17)/t9?,10?,11-,12-/m1/s1. The van der Waals surface area contributed by atoms with Crippen LogP contribution in [0.2, 0.25) is 0 Å². The zero-order valence-electron chi connectivity index (χ0n) is 12.3. The first-order chi connectivity index (χ1) is 9.21. The largest absolute Gasteiger partial charge is 0.481 e. The lowest BCUT2D eigenvalue weighted by molar-refractivity contribution is -0.142. The van der Waals surface area contributed by atoms with Crippen molar-refractivity contribution < 1.29 is 18.3 Å². The number of carboxylic acids is 1. The lowest BCUT2D eigenvalue weighted by Gasteiger charge is -2.36. The Morgan fingerprint density at radius 1 is 1.00 bits per heavy atom. The smallest absolute Gasteiger partial charge is 0.308 e. The Morgan fingerprint density at radius 2 is 1.50 bits per heavy atom. The molecule has 2 aliphatic rings. The highest BCUT2D eigenvalue weighted by Gasteiger charge is 2.43. The Balaban J connectivity index is 2.13. The Labute approximate surface area is 120 Å². The van der Waals surface area contributed by atoms with Crippen molar-refractivity contribution in [3.63, 3.8) is 0 Å². The highest BCUT2D eigenvalue weighted by molar-refractivity contribution is 7.86. The van der Waals surface area contributed by atoms with Crippen molar-refractivity contribution in [1.82, 2.24) is 8.61 Å². The maximum atomic E-state index is 12.7. The summed E-state index contributed by atoms with van der Waals surface area (Å²) in [6, 6.07) is 0. The maximum absolute atomic E-state index is 12.7. The zero-order valence-corrected chi connectivity index (χ0v) is 13.1. The number of hydrogen-bond donors (Lipinski definition) is 1. The normalized spacial score (nSPS) is 37.1. The molecule has 0 amide bonds. The van der Waals surface area contributed by atoms with Crippen LogP contribution in [0.25, 0.3) is 0 Å². The van der Waals surface area contributed by atoms with Crippen LogP contribution in [0.5, 0.6) is 0 Å². The molecule has 0 aliphatic carbocycles. The number of carbonyl (C=O) groups is 1. The van der Waals surface area contributed by atoms with Crippen LogP contribution in [0, 0.1) is 23.7 Å². The molecule has 0 aromatic carbocycles. The van der Waals surface area contributed by atoms with E-state index in [1.54, 1.807) is 6.92 Å². The van der Waals surface area contributed by atoms with E-state index in [9.17, 15) is 13.2 Å². The van der Waals surface area contributed by atoms with Crippen molar-refractivity contribution in [2.75, 3.05) is 26.2 Å². The quantitative estimate of drug-likeness (QED) is 0.839. The van der Waals surface area contributed by atoms with Crippen LogP contribution in [-0.4, -0.2) is 54.3 Å². The lowest BCUT2D eigenvalue weighted by Crippen LogP contribution is -2.49. The molecule has 0 aromatic rings. The van der Waals surface area contributed by atoms with Gasteiger partial charge in [-0.2, -0.15) is 17.0 Å². The molecule has 2 fully saturated rings. The first kappa shape index (κ1) is 15.7. The molecule has 116 valence electrons. The van der Waals surface area contributed by atoms with Crippen LogP contribution >= 0.6 is 0 Å². The summed E-state index contributed by atoms with van der Waals surface area (Å²) < 4.78 is 28.2. The van der Waals surface area contributed by atoms with Crippen molar-refractivity contribution in [2.24, 2.45) is 23.7 Å². The van der Waals surface area contributed by atoms with Crippen molar-refractivity contribution in [2.45, 2.75) is 27.2 Å². The summed E-state index contributed by atoms with van der Waals surface area (Å²) in [5.41, 5.74) is 0. The van der Waals surface area contributed by atoms with Gasteiger partial charge in [-0.25, -0.2) is 0 Å². The van der Waals surface area contributed by atoms with Gasteiger partial charge in [0.1, 0.15) is 0 Å². The molecule has 0 radical (unpaired) electrons. The number of nitrogens with zero attached hydrogens (tertiary/aromatic N) is 2. The number of piperidine rings is 1. The summed E-state index contributed by atoms with van der Waals surface area (Å²) in [4.78, 5) is 11.1. The minimum atomic E-state index is -3.52. The number of carboxylic acid groups (broad SMARTS) is 1. The molecule has 0 bridgehead atoms. The van der Waals surface area contributed by atoms with Crippen molar-refractivity contribution in [3.8, 4) is 0 Å². The molecule has 7 heteroatoms. The molecule has 2 rings (SSSR count). The third-order valence-corrected chi connectivity index (χ3v) is 6.29. The van der Waals surface area contributed by atoms with Crippen molar-refractivity contribution in [1.29, 1.82) is 0 Å². The third-order valence-electron chi connectivity index (χ3n) is 4.38. The number of aliphatic carboxylic acids is 1. The van der Waals surface area contributed by atoms with E-state index in [0.717, 1.165) is 6.42 Å². The first-order valence-electron chi connectivity index (χ1n) is 7.19. The maximum Gasteiger partial charge on any atom is 0.308 e. The molecule has 4 atom stereocenters. The summed E-state index contributed by atoms with van der Waals surface area (Å²) in [7, 11) is -3.52. The lowest BCUT2D eigenvalue weighted by atomic mass is 9.94. The average Bonchev–Trinajstić information content (AvgIpc) is 2.70. The minimum Gasteiger partial charge on any atom is -0.481 e. The van der Waals surface area contributed by atoms with E-state index in [2.05, 4.69) is 13.8 Å². The van der Waals surface area contributed by atoms with E-state index >= 15 is 0 Å². The fourth-order valence-corrected chi connectivity index (χ4v) is 5.37. The van der Waals surface area contributed by atoms with Gasteiger partial charge in [0.25, 0.3) is 10.2 Å². The Hall–Kier alpha value is -0.660. The van der Waals surface area contributed by atoms with Crippen LogP contribution < -0.4 is 0 Å². The summed E-state index contributed by atoms with van der Waals surface area (Å²) in [5.74, 6) is -0.936. The fraction of sp³-hybridized carbons (Fsp3) is 0.923. The molecule has 20 heavy (non-hydrogen) atoms. The second-order valence-corrected chi connectivity index (χ2v) is 8.44. The third kappa shape index (κ3) is 2.99. The van der Waals surface area contributed by atoms with E-state index in [4.69, 9.17) is 5.11 Å². The second-order valence-electron chi connectivity index (χ2n) is 6.51. The van der Waals surface area contributed by atoms with Crippen molar-refractivity contribution in [3.05, 3.63) is 0 Å². The summed E-state index contributed by atoms with van der Waals surface area (Å²) in [6.07, 6.45) is 1.04. The molecular formula is C13H24N2O4S. The summed E-state index contributed by atoms with van der Waals surface area (Å²) >= 11 is 0. The Bertz CT molecular complexity index is 469. The SMILES string of the molecule is CC1CC(C)CN(S(=O)(=O)N2C[C@@H](C)[C@H](C(=O)O)C2)C1. The van der Waals surface area contributed by atoms with Gasteiger partial charge in [-0.05, 0) is 24.2 Å². The molecular weight excluding hydrogens is 280 g/mol. The van der Waals surface area contributed by atoms with Gasteiger partial charge in [0, 0.05) is 26.2 Å². The number of hydrogen-bond acceptors (Lipinski definition) is 3. The number of rotatable bonds is 3. The van der Waals surface area contributed by atoms with Crippen molar-refractivity contribution >= 4 is 16.2 Å². The van der Waals surface area contributed by atoms with Gasteiger partial charge < -0.3 is 5.11 Å². The molecule has 0 aromatic heterocycles. The molecule has 6 nitrogen and oxygen atoms in total. The summed E-state index contributed by atoms with van der Waals surface area (Å²) in [5, 5.41) is 9.13. The predicted molar refractivity (Wildman–Crippen MR) is 75.3 cm³/mol. The average molecular weight is 304 g/mol. The highest BCUT2D eigenvalue weighted by Crippen LogP contribution is 2.30. The summed E-state index contributed by atoms with van der Waals surface area (Å²) in [6.45, 7) is 7.40. The van der Waals surface area contributed by atoms with E-state index in [1.807, 2.05) is 0 Å². The highest BCUT2D eigenvalue weighted by atomic mass is 32.2. The van der Waals surface area contributed by atoms with Gasteiger partial charge >= 0.3 is 5.97 Å². The van der Waals surface area contributed by atoms with Crippen LogP contribution in [0.1, 0.15) is 27.2 Å². The van der Waals surface area contributed by atoms with E-state index in [-0.39, 0.29) is 12.5 Å². The molecule has 1 N–H and O–H groups in total. The first-order valence-corrected chi connectivity index (χ1v) is 8.59. The molecule has 2 heterocycles. The Kier molecular flexibility index (Phi) is 4.41. The second kappa shape index (κ2) is 5.61. The van der Waals surface area contributed by atoms with E-state index in [0.29, 0.717) is 31.5 Å². The van der Waals surface area contributed by atoms with Gasteiger partial charge in [-0.1, -0.05) is 20.8 Å². The molecule has 2 unspecified atom stereocenters. The van der Waals surface area contributed by atoms with E-state index < -0.39 is 22.1 Å². The van der Waals surface area contributed by atoms with Crippen LogP contribution in [0.4, 0.5) is 0 Å². The predicted octanol–water partition coefficient (Wildman–Crippen LogP) is 0.862. The van der Waals surface area contributed by atoms with Crippen LogP contribution in [0.3, 0.4) is 0 Å². The topological polar surface area (TPSA) is 77.9 Å². The van der Waals surface area contributed by atoms with Gasteiger partial charge in [0.2, 0.25) is 0 Å². The van der Waals surface area contributed by atoms with Crippen LogP contribution in [0.15, 0.2) is 0 Å². The fourth-order valence-electron chi connectivity index (χ4n) is 3.39. The minimum absolute atomic E-state index is 0.0953. The molecule has 2 aliphatic heterocycles. The monoisotopic (exact) mass is 304 g/mol. The van der Waals surface area contributed by atoms with Gasteiger partial charge in [-0.3, -0.25) is 4.79 Å². The van der Waals surface area contributed by atoms with Gasteiger partial charge in [-0.15, -0.1) is 0 Å². The van der Waals surface area contributed by atoms with E-state index in [1.165, 1.54) is 8.61 Å². The molecule has 2 saturated heterocycles. The van der Waals surface area contributed by atoms with Crippen LogP contribution in [-0.2, 0) is 15.0 Å².